The lowest BCUT2D eigenvalue weighted by molar-refractivity contribution is -0.131. The van der Waals surface area contributed by atoms with Gasteiger partial charge in [0.05, 0.1) is 0 Å². The van der Waals surface area contributed by atoms with Crippen molar-refractivity contribution in [1.82, 2.24) is 0 Å². The number of nitrogens with two attached hydrogens (primary N) is 1. The van der Waals surface area contributed by atoms with Crippen molar-refractivity contribution in [2.75, 3.05) is 0 Å². The Morgan fingerprint density at radius 3 is 2.40 bits per heavy atom. The standard InChI is InChI=1S/C6H7NO3/c7-5(3-4-8)1-2-6(9)10/h1-4H,7H2,(H,9,10)/b2-1-,5-3+. The van der Waals surface area contributed by atoms with E-state index < -0.39 is 5.97 Å². The molecule has 0 aromatic carbocycles. The number of allylic oxidation sites excluding steroid dienone is 2. The van der Waals surface area contributed by atoms with E-state index in [4.69, 9.17) is 10.8 Å². The molecule has 0 atom stereocenters. The van der Waals surface area contributed by atoms with E-state index in [1.807, 2.05) is 0 Å². The topological polar surface area (TPSA) is 80.4 Å². The Labute approximate surface area is 57.6 Å². The molecule has 0 aromatic heterocycles. The molecule has 0 aliphatic rings. The predicted octanol–water partition coefficient (Wildman–Crippen LogP) is -0.331. The summed E-state index contributed by atoms with van der Waals surface area (Å²) in [6.45, 7) is 0. The Kier molecular flexibility index (Phi) is 3.63. The van der Waals surface area contributed by atoms with E-state index in [2.05, 4.69) is 0 Å². The molecule has 0 saturated carbocycles. The van der Waals surface area contributed by atoms with Gasteiger partial charge in [-0.3, -0.25) is 4.79 Å². The predicted molar refractivity (Wildman–Crippen MR) is 35.1 cm³/mol. The zero-order valence-corrected chi connectivity index (χ0v) is 5.15. The van der Waals surface area contributed by atoms with Gasteiger partial charge in [0.15, 0.2) is 0 Å². The van der Waals surface area contributed by atoms with Gasteiger partial charge in [-0.25, -0.2) is 4.79 Å². The highest BCUT2D eigenvalue weighted by atomic mass is 16.4. The number of aldehydes is 1. The van der Waals surface area contributed by atoms with Gasteiger partial charge < -0.3 is 10.8 Å². The summed E-state index contributed by atoms with van der Waals surface area (Å²) in [6, 6.07) is 0. The summed E-state index contributed by atoms with van der Waals surface area (Å²) in [5.41, 5.74) is 5.23. The van der Waals surface area contributed by atoms with Crippen molar-refractivity contribution in [3.63, 3.8) is 0 Å². The SMILES string of the molecule is NC(/C=C\C(=O)O)=C/C=O. The summed E-state index contributed by atoms with van der Waals surface area (Å²) in [5, 5.41) is 8.07. The Bertz CT molecular complexity index is 193. The van der Waals surface area contributed by atoms with Crippen molar-refractivity contribution in [2.45, 2.75) is 0 Å². The van der Waals surface area contributed by atoms with Crippen molar-refractivity contribution in [1.29, 1.82) is 0 Å². The largest absolute Gasteiger partial charge is 0.478 e. The lowest BCUT2D eigenvalue weighted by Gasteiger charge is -1.84. The number of hydrogen-bond acceptors (Lipinski definition) is 3. The third kappa shape index (κ3) is 4.58. The third-order valence-electron chi connectivity index (χ3n) is 0.679. The zero-order valence-electron chi connectivity index (χ0n) is 5.15. The molecule has 0 spiro atoms. The van der Waals surface area contributed by atoms with Crippen LogP contribution < -0.4 is 5.73 Å². The highest BCUT2D eigenvalue weighted by molar-refractivity contribution is 5.80. The first-order chi connectivity index (χ1) is 4.66. The van der Waals surface area contributed by atoms with Crippen molar-refractivity contribution in [3.8, 4) is 0 Å². The van der Waals surface area contributed by atoms with Crippen LogP contribution in [0.3, 0.4) is 0 Å². The normalized spacial score (nSPS) is 11.8. The summed E-state index contributed by atoms with van der Waals surface area (Å²) >= 11 is 0. The van der Waals surface area contributed by atoms with Gasteiger partial charge in [-0.1, -0.05) is 0 Å². The molecule has 4 nitrogen and oxygen atoms in total. The molecule has 0 aromatic rings. The van der Waals surface area contributed by atoms with Gasteiger partial charge in [0.1, 0.15) is 6.29 Å². The van der Waals surface area contributed by atoms with Crippen LogP contribution in [-0.2, 0) is 9.59 Å². The zero-order chi connectivity index (χ0) is 7.98. The molecule has 0 unspecified atom stereocenters. The van der Waals surface area contributed by atoms with E-state index in [1.165, 1.54) is 0 Å². The molecule has 0 rings (SSSR count). The van der Waals surface area contributed by atoms with Crippen LogP contribution in [0.25, 0.3) is 0 Å². The fraction of sp³-hybridized carbons (Fsp3) is 0. The Hall–Kier alpha value is -1.58. The molecule has 0 aliphatic heterocycles. The molecule has 0 bridgehead atoms. The number of carbonyl (C=O) groups is 2. The maximum atomic E-state index is 9.85. The van der Waals surface area contributed by atoms with Gasteiger partial charge >= 0.3 is 5.97 Å². The van der Waals surface area contributed by atoms with Crippen molar-refractivity contribution >= 4 is 12.3 Å². The molecule has 0 heterocycles. The number of rotatable bonds is 3. The lowest BCUT2D eigenvalue weighted by Crippen LogP contribution is -1.95. The highest BCUT2D eigenvalue weighted by Gasteiger charge is 1.85. The maximum absolute atomic E-state index is 9.85. The van der Waals surface area contributed by atoms with Crippen LogP contribution in [-0.4, -0.2) is 17.4 Å². The first kappa shape index (κ1) is 8.42. The molecule has 0 saturated heterocycles. The average molecular weight is 141 g/mol. The number of aliphatic carboxylic acids is 1. The quantitative estimate of drug-likeness (QED) is 0.320. The number of hydrogen-bond donors (Lipinski definition) is 2. The average Bonchev–Trinajstić information content (AvgIpc) is 1.85. The van der Waals surface area contributed by atoms with E-state index in [-0.39, 0.29) is 5.70 Å². The van der Waals surface area contributed by atoms with Crippen LogP contribution in [0.2, 0.25) is 0 Å². The van der Waals surface area contributed by atoms with Crippen LogP contribution in [0.15, 0.2) is 23.9 Å². The van der Waals surface area contributed by atoms with Crippen LogP contribution in [0.5, 0.6) is 0 Å². The first-order valence-electron chi connectivity index (χ1n) is 2.48. The molecule has 0 aliphatic carbocycles. The molecule has 3 N–H and O–H groups in total. The van der Waals surface area contributed by atoms with Crippen molar-refractivity contribution in [2.24, 2.45) is 5.73 Å². The second-order valence-corrected chi connectivity index (χ2v) is 1.47. The molecule has 0 fully saturated rings. The van der Waals surface area contributed by atoms with Crippen LogP contribution in [0, 0.1) is 0 Å². The molecule has 54 valence electrons. The second-order valence-electron chi connectivity index (χ2n) is 1.47. The monoisotopic (exact) mass is 141 g/mol. The van der Waals surface area contributed by atoms with Crippen LogP contribution >= 0.6 is 0 Å². The van der Waals surface area contributed by atoms with Gasteiger partial charge in [-0.05, 0) is 6.08 Å². The van der Waals surface area contributed by atoms with Gasteiger partial charge in [0.2, 0.25) is 0 Å². The van der Waals surface area contributed by atoms with Gasteiger partial charge in [0, 0.05) is 17.8 Å². The highest BCUT2D eigenvalue weighted by Crippen LogP contribution is 1.83. The van der Waals surface area contributed by atoms with Crippen LogP contribution in [0.1, 0.15) is 0 Å². The Morgan fingerprint density at radius 1 is 1.40 bits per heavy atom. The smallest absolute Gasteiger partial charge is 0.328 e. The minimum absolute atomic E-state index is 0.123. The number of carbonyl (C=O) groups excluding carboxylic acids is 1. The maximum Gasteiger partial charge on any atom is 0.328 e. The summed E-state index contributed by atoms with van der Waals surface area (Å²) < 4.78 is 0. The molecular weight excluding hydrogens is 134 g/mol. The van der Waals surface area contributed by atoms with Gasteiger partial charge in [-0.2, -0.15) is 0 Å². The summed E-state index contributed by atoms with van der Waals surface area (Å²) in [7, 11) is 0. The fourth-order valence-corrected chi connectivity index (χ4v) is 0.302. The molecule has 10 heavy (non-hydrogen) atoms. The molecule has 0 amide bonds. The summed E-state index contributed by atoms with van der Waals surface area (Å²) in [6.07, 6.45) is 3.55. The number of carboxylic acid groups (broad SMARTS) is 1. The van der Waals surface area contributed by atoms with E-state index in [9.17, 15) is 9.59 Å². The second kappa shape index (κ2) is 4.31. The van der Waals surface area contributed by atoms with E-state index >= 15 is 0 Å². The minimum Gasteiger partial charge on any atom is -0.478 e. The molecule has 4 heteroatoms. The van der Waals surface area contributed by atoms with Crippen LogP contribution in [0.4, 0.5) is 0 Å². The molecule has 0 radical (unpaired) electrons. The van der Waals surface area contributed by atoms with E-state index in [1.54, 1.807) is 0 Å². The van der Waals surface area contributed by atoms with E-state index in [0.717, 1.165) is 18.2 Å². The summed E-state index contributed by atoms with van der Waals surface area (Å²) in [4.78, 5) is 19.6. The van der Waals surface area contributed by atoms with Crippen molar-refractivity contribution in [3.05, 3.63) is 23.9 Å². The molecular formula is C6H7NO3. The van der Waals surface area contributed by atoms with Gasteiger partial charge in [0.25, 0.3) is 0 Å². The lowest BCUT2D eigenvalue weighted by atomic mass is 10.4. The first-order valence-corrected chi connectivity index (χ1v) is 2.48. The Balaban J connectivity index is 4.01. The number of carboxylic acids is 1. The Morgan fingerprint density at radius 2 is 2.00 bits per heavy atom. The third-order valence-corrected chi connectivity index (χ3v) is 0.679. The fourth-order valence-electron chi connectivity index (χ4n) is 0.302. The van der Waals surface area contributed by atoms with Gasteiger partial charge in [-0.15, -0.1) is 0 Å². The summed E-state index contributed by atoms with van der Waals surface area (Å²) in [5.74, 6) is -1.10. The van der Waals surface area contributed by atoms with Crippen molar-refractivity contribution < 1.29 is 14.7 Å². The minimum atomic E-state index is -1.10. The van der Waals surface area contributed by atoms with E-state index in [0.29, 0.717) is 6.29 Å².